The molecule has 3 aromatic carbocycles. The zero-order chi connectivity index (χ0) is 29.3. The molecule has 1 N–H and O–H groups in total. The zero-order valence-electron chi connectivity index (χ0n) is 23.2. The molecule has 40 heavy (non-hydrogen) atoms. The van der Waals surface area contributed by atoms with Gasteiger partial charge in [-0.3, -0.25) is 13.9 Å². The first-order chi connectivity index (χ1) is 19.1. The van der Waals surface area contributed by atoms with E-state index in [4.69, 9.17) is 16.3 Å². The first-order valence-corrected chi connectivity index (χ1v) is 15.0. The maximum absolute atomic E-state index is 14.0. The van der Waals surface area contributed by atoms with E-state index in [1.165, 1.54) is 17.0 Å². The lowest BCUT2D eigenvalue weighted by Crippen LogP contribution is -2.52. The van der Waals surface area contributed by atoms with Crippen LogP contribution in [-0.2, 0) is 26.2 Å². The number of carbonyl (C=O) groups excluding carboxylic acids is 2. The van der Waals surface area contributed by atoms with E-state index in [9.17, 15) is 18.0 Å². The molecule has 0 radical (unpaired) electrons. The molecular formula is C30H36ClN3O5S. The predicted octanol–water partition coefficient (Wildman–Crippen LogP) is 5.27. The fourth-order valence-electron chi connectivity index (χ4n) is 4.05. The van der Waals surface area contributed by atoms with Crippen LogP contribution in [0.4, 0.5) is 5.69 Å². The Bertz CT molecular complexity index is 1400. The highest BCUT2D eigenvalue weighted by Crippen LogP contribution is 2.33. The minimum Gasteiger partial charge on any atom is -0.492 e. The Morgan fingerprint density at radius 2 is 1.62 bits per heavy atom. The van der Waals surface area contributed by atoms with Crippen LogP contribution < -0.4 is 14.4 Å². The lowest BCUT2D eigenvalue weighted by atomic mass is 10.1. The Balaban J connectivity index is 2.06. The van der Waals surface area contributed by atoms with Gasteiger partial charge >= 0.3 is 0 Å². The molecule has 2 atom stereocenters. The topological polar surface area (TPSA) is 96.0 Å². The van der Waals surface area contributed by atoms with Gasteiger partial charge in [-0.2, -0.15) is 0 Å². The van der Waals surface area contributed by atoms with Crippen LogP contribution in [0.15, 0.2) is 83.8 Å². The van der Waals surface area contributed by atoms with Crippen LogP contribution in [0.5, 0.6) is 5.75 Å². The number of hydrogen-bond donors (Lipinski definition) is 1. The molecule has 0 aliphatic heterocycles. The molecule has 0 saturated carbocycles. The third kappa shape index (κ3) is 7.76. The summed E-state index contributed by atoms with van der Waals surface area (Å²) in [6.45, 7) is 7.06. The number of rotatable bonds is 13. The molecule has 0 unspecified atom stereocenters. The fourth-order valence-corrected chi connectivity index (χ4v) is 5.71. The van der Waals surface area contributed by atoms with Gasteiger partial charge in [0.2, 0.25) is 11.8 Å². The number of halogens is 1. The maximum Gasteiger partial charge on any atom is 0.264 e. The number of anilines is 1. The molecule has 10 heteroatoms. The van der Waals surface area contributed by atoms with Crippen LogP contribution in [0.3, 0.4) is 0 Å². The highest BCUT2D eigenvalue weighted by molar-refractivity contribution is 7.92. The van der Waals surface area contributed by atoms with Gasteiger partial charge in [0.15, 0.2) is 0 Å². The third-order valence-electron chi connectivity index (χ3n) is 6.45. The number of nitrogens with one attached hydrogen (secondary N) is 1. The van der Waals surface area contributed by atoms with Crippen LogP contribution in [0, 0.1) is 0 Å². The zero-order valence-corrected chi connectivity index (χ0v) is 24.8. The summed E-state index contributed by atoms with van der Waals surface area (Å²) in [4.78, 5) is 28.6. The van der Waals surface area contributed by atoms with Crippen molar-refractivity contribution in [2.24, 2.45) is 0 Å². The highest BCUT2D eigenvalue weighted by Gasteiger charge is 2.34. The van der Waals surface area contributed by atoms with E-state index in [0.717, 1.165) is 10.7 Å². The molecule has 3 aromatic rings. The van der Waals surface area contributed by atoms with Crippen molar-refractivity contribution >= 4 is 39.1 Å². The van der Waals surface area contributed by atoms with Crippen molar-refractivity contribution in [1.29, 1.82) is 0 Å². The molecule has 214 valence electrons. The summed E-state index contributed by atoms with van der Waals surface area (Å²) in [5.41, 5.74) is 0.928. The van der Waals surface area contributed by atoms with Gasteiger partial charge < -0.3 is 15.0 Å². The SMILES string of the molecule is CCOc1ccccc1N(CC(=O)N(Cc1cccc(Cl)c1)[C@H](C)C(=O)N[C@@H](C)CC)S(=O)(=O)c1ccccc1. The van der Waals surface area contributed by atoms with Crippen molar-refractivity contribution in [2.75, 3.05) is 17.5 Å². The van der Waals surface area contributed by atoms with Crippen molar-refractivity contribution in [3.05, 3.63) is 89.4 Å². The maximum atomic E-state index is 14.0. The van der Waals surface area contributed by atoms with Gasteiger partial charge in [-0.05, 0) is 69.2 Å². The number of hydrogen-bond acceptors (Lipinski definition) is 5. The van der Waals surface area contributed by atoms with Crippen LogP contribution in [0.2, 0.25) is 5.02 Å². The van der Waals surface area contributed by atoms with Crippen molar-refractivity contribution in [3.8, 4) is 5.75 Å². The predicted molar refractivity (Wildman–Crippen MR) is 158 cm³/mol. The van der Waals surface area contributed by atoms with E-state index in [0.29, 0.717) is 22.9 Å². The van der Waals surface area contributed by atoms with E-state index in [1.54, 1.807) is 80.6 Å². The number of carbonyl (C=O) groups is 2. The normalized spacial score (nSPS) is 12.7. The lowest BCUT2D eigenvalue weighted by Gasteiger charge is -2.33. The third-order valence-corrected chi connectivity index (χ3v) is 8.46. The summed E-state index contributed by atoms with van der Waals surface area (Å²) in [7, 11) is -4.19. The smallest absolute Gasteiger partial charge is 0.264 e. The molecule has 0 heterocycles. The molecule has 0 aromatic heterocycles. The van der Waals surface area contributed by atoms with E-state index in [2.05, 4.69) is 5.32 Å². The summed E-state index contributed by atoms with van der Waals surface area (Å²) in [5.74, 6) is -0.573. The van der Waals surface area contributed by atoms with Gasteiger partial charge in [0, 0.05) is 17.6 Å². The van der Waals surface area contributed by atoms with Crippen LogP contribution in [0.25, 0.3) is 0 Å². The number of para-hydroxylation sites is 2. The Morgan fingerprint density at radius 1 is 0.950 bits per heavy atom. The van der Waals surface area contributed by atoms with E-state index >= 15 is 0 Å². The Labute approximate surface area is 241 Å². The van der Waals surface area contributed by atoms with Gasteiger partial charge in [0.05, 0.1) is 17.2 Å². The number of ether oxygens (including phenoxy) is 1. The van der Waals surface area contributed by atoms with E-state index in [1.807, 2.05) is 13.8 Å². The molecule has 0 aliphatic rings. The number of sulfonamides is 1. The van der Waals surface area contributed by atoms with Gasteiger partial charge in [-0.1, -0.05) is 61.0 Å². The lowest BCUT2D eigenvalue weighted by molar-refractivity contribution is -0.139. The molecular weight excluding hydrogens is 550 g/mol. The van der Waals surface area contributed by atoms with Gasteiger partial charge in [-0.15, -0.1) is 0 Å². The molecule has 3 rings (SSSR count). The average molecular weight is 586 g/mol. The van der Waals surface area contributed by atoms with Crippen molar-refractivity contribution < 1.29 is 22.7 Å². The second-order valence-electron chi connectivity index (χ2n) is 9.37. The summed E-state index contributed by atoms with van der Waals surface area (Å²) in [6, 6.07) is 20.6. The van der Waals surface area contributed by atoms with Crippen LogP contribution in [-0.4, -0.2) is 50.4 Å². The van der Waals surface area contributed by atoms with Crippen LogP contribution in [0.1, 0.15) is 39.7 Å². The summed E-state index contributed by atoms with van der Waals surface area (Å²) < 4.78 is 34.7. The molecule has 0 fully saturated rings. The van der Waals surface area contributed by atoms with Gasteiger partial charge in [-0.25, -0.2) is 8.42 Å². The molecule has 8 nitrogen and oxygen atoms in total. The van der Waals surface area contributed by atoms with Crippen molar-refractivity contribution in [3.63, 3.8) is 0 Å². The van der Waals surface area contributed by atoms with E-state index < -0.39 is 28.5 Å². The minimum absolute atomic E-state index is 0.0260. The largest absolute Gasteiger partial charge is 0.492 e. The Kier molecular flexibility index (Phi) is 11.0. The molecule has 0 aliphatic carbocycles. The van der Waals surface area contributed by atoms with E-state index in [-0.39, 0.29) is 29.1 Å². The summed E-state index contributed by atoms with van der Waals surface area (Å²) in [5, 5.41) is 3.40. The fraction of sp³-hybridized carbons (Fsp3) is 0.333. The van der Waals surface area contributed by atoms with Crippen molar-refractivity contribution in [1.82, 2.24) is 10.2 Å². The molecule has 0 saturated heterocycles. The quantitative estimate of drug-likeness (QED) is 0.295. The monoisotopic (exact) mass is 585 g/mol. The summed E-state index contributed by atoms with van der Waals surface area (Å²) in [6.07, 6.45) is 0.720. The van der Waals surface area contributed by atoms with Gasteiger partial charge in [0.25, 0.3) is 10.0 Å². The minimum atomic E-state index is -4.19. The van der Waals surface area contributed by atoms with Crippen molar-refractivity contribution in [2.45, 2.75) is 57.6 Å². The standard InChI is InChI=1S/C30H36ClN3O5S/c1-5-22(3)32-30(36)23(4)33(20-24-13-12-14-25(31)19-24)29(35)21-34(27-17-10-11-18-28(27)39-6-2)40(37,38)26-15-8-7-9-16-26/h7-19,22-23H,5-6,20-21H2,1-4H3,(H,32,36)/t22-,23+/m0/s1. The van der Waals surface area contributed by atoms with Gasteiger partial charge in [0.1, 0.15) is 18.3 Å². The average Bonchev–Trinajstić information content (AvgIpc) is 2.95. The van der Waals surface area contributed by atoms with Crippen LogP contribution >= 0.6 is 11.6 Å². The Morgan fingerprint density at radius 3 is 2.27 bits per heavy atom. The second kappa shape index (κ2) is 14.2. The first kappa shape index (κ1) is 31.0. The summed E-state index contributed by atoms with van der Waals surface area (Å²) >= 11 is 6.19. The second-order valence-corrected chi connectivity index (χ2v) is 11.7. The number of benzene rings is 3. The molecule has 0 spiro atoms. The highest BCUT2D eigenvalue weighted by atomic mass is 35.5. The number of amides is 2. The molecule has 0 bridgehead atoms. The Hall–Kier alpha value is -3.56. The number of nitrogens with zero attached hydrogens (tertiary/aromatic N) is 2. The first-order valence-electron chi connectivity index (χ1n) is 13.2. The molecule has 2 amide bonds.